The first-order valence-corrected chi connectivity index (χ1v) is 11.9. The molecule has 7 aromatic rings. The van der Waals surface area contributed by atoms with Gasteiger partial charge < -0.3 is 4.42 Å². The number of aromatic nitrogens is 3. The molecule has 36 heavy (non-hydrogen) atoms. The fourth-order valence-corrected chi connectivity index (χ4v) is 4.76. The molecule has 0 bridgehead atoms. The molecule has 0 aliphatic rings. The predicted molar refractivity (Wildman–Crippen MR) is 146 cm³/mol. The minimum Gasteiger partial charge on any atom is -0.437 e. The van der Waals surface area contributed by atoms with Gasteiger partial charge in [-0.2, -0.15) is 0 Å². The number of furan rings is 1. The average molecular weight is 464 g/mol. The molecule has 4 nitrogen and oxygen atoms in total. The van der Waals surface area contributed by atoms with Gasteiger partial charge in [-0.3, -0.25) is 9.97 Å². The Bertz CT molecular complexity index is 1880. The van der Waals surface area contributed by atoms with Crippen LogP contribution in [0.3, 0.4) is 0 Å². The molecule has 0 N–H and O–H groups in total. The molecule has 0 radical (unpaired) electrons. The van der Waals surface area contributed by atoms with Crippen LogP contribution in [0, 0.1) is 6.92 Å². The lowest BCUT2D eigenvalue weighted by Gasteiger charge is -2.08. The van der Waals surface area contributed by atoms with E-state index in [0.29, 0.717) is 5.71 Å². The van der Waals surface area contributed by atoms with Gasteiger partial charge in [-0.05, 0) is 54.4 Å². The highest BCUT2D eigenvalue weighted by molar-refractivity contribution is 6.08. The van der Waals surface area contributed by atoms with Gasteiger partial charge >= 0.3 is 0 Å². The second-order valence-corrected chi connectivity index (χ2v) is 9.07. The Balaban J connectivity index is 1.23. The van der Waals surface area contributed by atoms with E-state index in [1.807, 2.05) is 42.7 Å². The smallest absolute Gasteiger partial charge is 0.227 e. The molecule has 0 atom stereocenters. The normalized spacial score (nSPS) is 11.5. The molecule has 0 saturated carbocycles. The first-order chi connectivity index (χ1) is 17.7. The second kappa shape index (κ2) is 8.14. The monoisotopic (exact) mass is 463 g/mol. The summed E-state index contributed by atoms with van der Waals surface area (Å²) in [4.78, 5) is 13.9. The third-order valence-electron chi connectivity index (χ3n) is 6.72. The molecule has 7 rings (SSSR count). The molecule has 0 amide bonds. The highest BCUT2D eigenvalue weighted by Gasteiger charge is 2.13. The van der Waals surface area contributed by atoms with E-state index in [4.69, 9.17) is 14.4 Å². The van der Waals surface area contributed by atoms with Crippen LogP contribution < -0.4 is 0 Å². The lowest BCUT2D eigenvalue weighted by Crippen LogP contribution is -1.88. The topological polar surface area (TPSA) is 51.8 Å². The Morgan fingerprint density at radius 2 is 1.42 bits per heavy atom. The number of benzene rings is 3. The van der Waals surface area contributed by atoms with Crippen LogP contribution in [0.4, 0.5) is 0 Å². The van der Waals surface area contributed by atoms with E-state index in [0.717, 1.165) is 49.6 Å². The molecule has 0 saturated heterocycles. The summed E-state index contributed by atoms with van der Waals surface area (Å²) in [7, 11) is 0. The Morgan fingerprint density at radius 1 is 0.611 bits per heavy atom. The molecular formula is C32H21N3O. The molecule has 0 fully saturated rings. The summed E-state index contributed by atoms with van der Waals surface area (Å²) >= 11 is 0. The van der Waals surface area contributed by atoms with Gasteiger partial charge in [-0.1, -0.05) is 60.2 Å². The highest BCUT2D eigenvalue weighted by atomic mass is 16.3. The van der Waals surface area contributed by atoms with Crippen molar-refractivity contribution in [2.45, 2.75) is 6.92 Å². The van der Waals surface area contributed by atoms with E-state index in [2.05, 4.69) is 72.6 Å². The lowest BCUT2D eigenvalue weighted by atomic mass is 10.0. The van der Waals surface area contributed by atoms with Crippen molar-refractivity contribution in [2.24, 2.45) is 0 Å². The molecule has 170 valence electrons. The number of rotatable bonds is 3. The number of para-hydroxylation sites is 1. The van der Waals surface area contributed by atoms with Gasteiger partial charge in [0.1, 0.15) is 5.58 Å². The summed E-state index contributed by atoms with van der Waals surface area (Å²) in [5, 5.41) is 3.16. The fourth-order valence-electron chi connectivity index (χ4n) is 4.76. The quantitative estimate of drug-likeness (QED) is 0.265. The number of nitrogens with zero attached hydrogens (tertiary/aromatic N) is 3. The van der Waals surface area contributed by atoms with Crippen LogP contribution in [0.5, 0.6) is 0 Å². The standard InChI is InChI=1S/C32H21N3O/c1-20-7-9-21(10-8-20)22-11-12-23-16-25(19-35-30(23)17-22)24-13-14-29(34-18-24)28-5-2-4-26-27-6-3-15-33-32(27)36-31(26)28/h2-19H,1H3. The van der Waals surface area contributed by atoms with Crippen molar-refractivity contribution in [3.8, 4) is 33.5 Å². The van der Waals surface area contributed by atoms with Crippen LogP contribution in [-0.4, -0.2) is 15.0 Å². The maximum absolute atomic E-state index is 6.09. The largest absolute Gasteiger partial charge is 0.437 e. The molecule has 4 heteroatoms. The third-order valence-corrected chi connectivity index (χ3v) is 6.72. The molecule has 0 spiro atoms. The van der Waals surface area contributed by atoms with Crippen LogP contribution in [0.2, 0.25) is 0 Å². The molecule has 0 aliphatic heterocycles. The number of hydrogen-bond donors (Lipinski definition) is 0. The van der Waals surface area contributed by atoms with E-state index in [1.54, 1.807) is 6.20 Å². The Kier molecular flexibility index (Phi) is 4.64. The summed E-state index contributed by atoms with van der Waals surface area (Å²) in [5.74, 6) is 0. The first kappa shape index (κ1) is 20.5. The summed E-state index contributed by atoms with van der Waals surface area (Å²) in [5.41, 5.74) is 9.93. The minimum atomic E-state index is 0.643. The van der Waals surface area contributed by atoms with Gasteiger partial charge in [0.25, 0.3) is 0 Å². The van der Waals surface area contributed by atoms with Gasteiger partial charge in [0.15, 0.2) is 0 Å². The van der Waals surface area contributed by atoms with E-state index < -0.39 is 0 Å². The van der Waals surface area contributed by atoms with E-state index in [1.165, 1.54) is 16.7 Å². The van der Waals surface area contributed by atoms with E-state index in [-0.39, 0.29) is 0 Å². The van der Waals surface area contributed by atoms with Crippen molar-refractivity contribution in [1.82, 2.24) is 15.0 Å². The van der Waals surface area contributed by atoms with Crippen LogP contribution >= 0.6 is 0 Å². The fraction of sp³-hybridized carbons (Fsp3) is 0.0312. The van der Waals surface area contributed by atoms with Crippen LogP contribution in [-0.2, 0) is 0 Å². The Morgan fingerprint density at radius 3 is 2.28 bits per heavy atom. The molecule has 0 aliphatic carbocycles. The maximum atomic E-state index is 6.09. The number of fused-ring (bicyclic) bond motifs is 4. The van der Waals surface area contributed by atoms with Crippen LogP contribution in [0.25, 0.3) is 66.5 Å². The van der Waals surface area contributed by atoms with Crippen molar-refractivity contribution in [2.75, 3.05) is 0 Å². The third kappa shape index (κ3) is 3.43. The second-order valence-electron chi connectivity index (χ2n) is 9.07. The SMILES string of the molecule is Cc1ccc(-c2ccc3cc(-c4ccc(-c5cccc6c5oc5ncccc56)nc4)cnc3c2)cc1. The van der Waals surface area contributed by atoms with Gasteiger partial charge in [0.2, 0.25) is 5.71 Å². The number of pyridine rings is 3. The van der Waals surface area contributed by atoms with Crippen molar-refractivity contribution in [3.63, 3.8) is 0 Å². The number of aryl methyl sites for hydroxylation is 1. The minimum absolute atomic E-state index is 0.643. The maximum Gasteiger partial charge on any atom is 0.227 e. The zero-order chi connectivity index (χ0) is 24.1. The van der Waals surface area contributed by atoms with Gasteiger partial charge in [0, 0.05) is 51.4 Å². The van der Waals surface area contributed by atoms with Crippen molar-refractivity contribution in [1.29, 1.82) is 0 Å². The van der Waals surface area contributed by atoms with E-state index >= 15 is 0 Å². The summed E-state index contributed by atoms with van der Waals surface area (Å²) < 4.78 is 6.09. The lowest BCUT2D eigenvalue weighted by molar-refractivity contribution is 0.655. The molecule has 0 unspecified atom stereocenters. The van der Waals surface area contributed by atoms with Gasteiger partial charge in [0.05, 0.1) is 11.2 Å². The Labute approximate surface area is 207 Å². The summed E-state index contributed by atoms with van der Waals surface area (Å²) in [6.45, 7) is 2.10. The summed E-state index contributed by atoms with van der Waals surface area (Å²) in [6.07, 6.45) is 5.57. The summed E-state index contributed by atoms with van der Waals surface area (Å²) in [6, 6.07) is 31.4. The van der Waals surface area contributed by atoms with Crippen molar-refractivity contribution < 1.29 is 4.42 Å². The van der Waals surface area contributed by atoms with Gasteiger partial charge in [-0.15, -0.1) is 0 Å². The molecular weight excluding hydrogens is 442 g/mol. The molecule has 4 aromatic heterocycles. The highest BCUT2D eigenvalue weighted by Crippen LogP contribution is 2.35. The number of hydrogen-bond acceptors (Lipinski definition) is 4. The molecule has 4 heterocycles. The van der Waals surface area contributed by atoms with Crippen molar-refractivity contribution in [3.05, 3.63) is 115 Å². The van der Waals surface area contributed by atoms with E-state index in [9.17, 15) is 0 Å². The van der Waals surface area contributed by atoms with Crippen LogP contribution in [0.1, 0.15) is 5.56 Å². The predicted octanol–water partition coefficient (Wildman–Crippen LogP) is 8.23. The molecule has 3 aromatic carbocycles. The zero-order valence-corrected chi connectivity index (χ0v) is 19.6. The Hall–Kier alpha value is -4.83. The zero-order valence-electron chi connectivity index (χ0n) is 19.6. The average Bonchev–Trinajstić information content (AvgIpc) is 3.32. The van der Waals surface area contributed by atoms with Crippen molar-refractivity contribution >= 4 is 33.0 Å². The van der Waals surface area contributed by atoms with Crippen LogP contribution in [0.15, 0.2) is 114 Å². The first-order valence-electron chi connectivity index (χ1n) is 11.9. The van der Waals surface area contributed by atoms with Gasteiger partial charge in [-0.25, -0.2) is 4.98 Å².